The van der Waals surface area contributed by atoms with Crippen LogP contribution in [0.4, 0.5) is 5.69 Å². The average molecular weight is 352 g/mol. The minimum absolute atomic E-state index is 0.616. The third-order valence-electron chi connectivity index (χ3n) is 2.99. The maximum absolute atomic E-state index is 5.74. The lowest BCUT2D eigenvalue weighted by atomic mass is 10.2. The normalized spacial score (nSPS) is 13.2. The highest BCUT2D eigenvalue weighted by Crippen LogP contribution is 2.36. The Morgan fingerprint density at radius 1 is 1.05 bits per heavy atom. The zero-order valence-electron chi connectivity index (χ0n) is 10.8. The number of rotatable bonds is 3. The number of nitrogens with two attached hydrogens (primary N) is 1. The molecule has 20 heavy (non-hydrogen) atoms. The average Bonchev–Trinajstić information content (AvgIpc) is 2.46. The van der Waals surface area contributed by atoms with E-state index in [9.17, 15) is 0 Å². The Morgan fingerprint density at radius 3 is 2.65 bits per heavy atom. The predicted molar refractivity (Wildman–Crippen MR) is 85.5 cm³/mol. The van der Waals surface area contributed by atoms with E-state index in [1.54, 1.807) is 11.8 Å². The fraction of sp³-hybridized carbons (Fsp3) is 0.200. The van der Waals surface area contributed by atoms with Crippen molar-refractivity contribution in [3.05, 3.63) is 46.4 Å². The molecule has 5 heteroatoms. The molecule has 1 aliphatic rings. The summed E-state index contributed by atoms with van der Waals surface area (Å²) in [6.07, 6.45) is 0. The van der Waals surface area contributed by atoms with E-state index in [4.69, 9.17) is 15.2 Å². The molecule has 1 aliphatic heterocycles. The summed E-state index contributed by atoms with van der Waals surface area (Å²) < 4.78 is 12.2. The third kappa shape index (κ3) is 3.04. The van der Waals surface area contributed by atoms with Crippen molar-refractivity contribution in [2.75, 3.05) is 18.9 Å². The summed E-state index contributed by atoms with van der Waals surface area (Å²) in [6, 6.07) is 12.0. The van der Waals surface area contributed by atoms with E-state index in [-0.39, 0.29) is 0 Å². The molecule has 2 aromatic carbocycles. The molecule has 3 rings (SSSR count). The monoisotopic (exact) mass is 351 g/mol. The van der Waals surface area contributed by atoms with E-state index in [2.05, 4.69) is 22.0 Å². The first-order valence-corrected chi connectivity index (χ1v) is 8.06. The molecular formula is C15H14BrNO2S. The van der Waals surface area contributed by atoms with Gasteiger partial charge in [-0.2, -0.15) is 0 Å². The molecule has 0 radical (unpaired) electrons. The summed E-state index contributed by atoms with van der Waals surface area (Å²) in [7, 11) is 0. The molecule has 0 aromatic heterocycles. The van der Waals surface area contributed by atoms with Gasteiger partial charge in [0, 0.05) is 20.8 Å². The quantitative estimate of drug-likeness (QED) is 0.667. The lowest BCUT2D eigenvalue weighted by Crippen LogP contribution is -2.15. The minimum atomic E-state index is 0.616. The number of thioether (sulfide) groups is 1. The van der Waals surface area contributed by atoms with Gasteiger partial charge in [-0.1, -0.05) is 22.0 Å². The summed E-state index contributed by atoms with van der Waals surface area (Å²) in [5, 5.41) is 0. The summed E-state index contributed by atoms with van der Waals surface area (Å²) in [5.41, 5.74) is 7.73. The van der Waals surface area contributed by atoms with Crippen LogP contribution in [0.5, 0.6) is 11.5 Å². The summed E-state index contributed by atoms with van der Waals surface area (Å²) in [6.45, 7) is 1.24. The van der Waals surface area contributed by atoms with Crippen molar-refractivity contribution in [3.8, 4) is 11.5 Å². The van der Waals surface area contributed by atoms with Gasteiger partial charge in [0.1, 0.15) is 13.2 Å². The number of ether oxygens (including phenoxy) is 2. The van der Waals surface area contributed by atoms with E-state index in [1.807, 2.05) is 30.3 Å². The summed E-state index contributed by atoms with van der Waals surface area (Å²) >= 11 is 5.30. The zero-order chi connectivity index (χ0) is 13.9. The van der Waals surface area contributed by atoms with Gasteiger partial charge in [-0.15, -0.1) is 11.8 Å². The van der Waals surface area contributed by atoms with Crippen LogP contribution in [0.2, 0.25) is 0 Å². The lowest BCUT2D eigenvalue weighted by Gasteiger charge is -2.18. The van der Waals surface area contributed by atoms with Crippen LogP contribution in [0, 0.1) is 0 Å². The molecule has 104 valence electrons. The fourth-order valence-electron chi connectivity index (χ4n) is 1.96. The molecule has 2 N–H and O–H groups in total. The standard InChI is InChI=1S/C15H14BrNO2S/c16-13-7-11(17)2-1-10(13)9-20-12-3-4-14-15(8-12)19-6-5-18-14/h1-4,7-8H,5-6,9,17H2. The van der Waals surface area contributed by atoms with Gasteiger partial charge in [0.05, 0.1) is 0 Å². The van der Waals surface area contributed by atoms with Crippen molar-refractivity contribution in [2.24, 2.45) is 0 Å². The van der Waals surface area contributed by atoms with Crippen molar-refractivity contribution < 1.29 is 9.47 Å². The van der Waals surface area contributed by atoms with Gasteiger partial charge in [-0.05, 0) is 35.9 Å². The number of benzene rings is 2. The van der Waals surface area contributed by atoms with Gasteiger partial charge in [0.2, 0.25) is 0 Å². The SMILES string of the molecule is Nc1ccc(CSc2ccc3c(c2)OCCO3)c(Br)c1. The Balaban J connectivity index is 1.72. The van der Waals surface area contributed by atoms with Gasteiger partial charge >= 0.3 is 0 Å². The number of halogens is 1. The first-order chi connectivity index (χ1) is 9.72. The molecule has 1 heterocycles. The predicted octanol–water partition coefficient (Wildman–Crippen LogP) is 4.09. The molecule has 0 aliphatic carbocycles. The van der Waals surface area contributed by atoms with Gasteiger partial charge in [0.25, 0.3) is 0 Å². The van der Waals surface area contributed by atoms with E-state index in [1.165, 1.54) is 5.56 Å². The second-order valence-electron chi connectivity index (χ2n) is 4.44. The van der Waals surface area contributed by atoms with Gasteiger partial charge < -0.3 is 15.2 Å². The first kappa shape index (κ1) is 13.6. The van der Waals surface area contributed by atoms with E-state index in [0.29, 0.717) is 13.2 Å². The molecule has 0 atom stereocenters. The molecule has 0 unspecified atom stereocenters. The van der Waals surface area contributed by atoms with Crippen LogP contribution in [0.15, 0.2) is 45.8 Å². The maximum Gasteiger partial charge on any atom is 0.162 e. The van der Waals surface area contributed by atoms with Crippen LogP contribution in [-0.4, -0.2) is 13.2 Å². The topological polar surface area (TPSA) is 44.5 Å². The molecular weight excluding hydrogens is 338 g/mol. The van der Waals surface area contributed by atoms with Gasteiger partial charge in [-0.25, -0.2) is 0 Å². The van der Waals surface area contributed by atoms with E-state index < -0.39 is 0 Å². The Morgan fingerprint density at radius 2 is 1.85 bits per heavy atom. The van der Waals surface area contributed by atoms with Crippen LogP contribution >= 0.6 is 27.7 Å². The van der Waals surface area contributed by atoms with Crippen molar-refractivity contribution in [2.45, 2.75) is 10.6 Å². The minimum Gasteiger partial charge on any atom is -0.486 e. The van der Waals surface area contributed by atoms with Crippen LogP contribution in [-0.2, 0) is 5.75 Å². The molecule has 0 fully saturated rings. The van der Waals surface area contributed by atoms with Crippen LogP contribution in [0.1, 0.15) is 5.56 Å². The summed E-state index contributed by atoms with van der Waals surface area (Å²) in [4.78, 5) is 1.16. The largest absolute Gasteiger partial charge is 0.486 e. The number of anilines is 1. The molecule has 0 saturated carbocycles. The van der Waals surface area contributed by atoms with Crippen molar-refractivity contribution in [1.82, 2.24) is 0 Å². The van der Waals surface area contributed by atoms with Crippen LogP contribution in [0.25, 0.3) is 0 Å². The Hall–Kier alpha value is -1.33. The molecule has 0 bridgehead atoms. The molecule has 0 amide bonds. The van der Waals surface area contributed by atoms with E-state index in [0.717, 1.165) is 32.3 Å². The zero-order valence-corrected chi connectivity index (χ0v) is 13.2. The maximum atomic E-state index is 5.74. The third-order valence-corrected chi connectivity index (χ3v) is 4.77. The van der Waals surface area contributed by atoms with Crippen molar-refractivity contribution in [3.63, 3.8) is 0 Å². The van der Waals surface area contributed by atoms with Gasteiger partial charge in [-0.3, -0.25) is 0 Å². The molecule has 0 spiro atoms. The number of nitrogen functional groups attached to an aromatic ring is 1. The number of hydrogen-bond donors (Lipinski definition) is 1. The van der Waals surface area contributed by atoms with Crippen molar-refractivity contribution >= 4 is 33.4 Å². The Bertz CT molecular complexity index is 633. The molecule has 2 aromatic rings. The smallest absolute Gasteiger partial charge is 0.162 e. The highest BCUT2D eigenvalue weighted by molar-refractivity contribution is 9.10. The van der Waals surface area contributed by atoms with Gasteiger partial charge in [0.15, 0.2) is 11.5 Å². The second kappa shape index (κ2) is 5.97. The number of hydrogen-bond acceptors (Lipinski definition) is 4. The van der Waals surface area contributed by atoms with Crippen molar-refractivity contribution in [1.29, 1.82) is 0 Å². The summed E-state index contributed by atoms with van der Waals surface area (Å²) in [5.74, 6) is 2.53. The Kier molecular flexibility index (Phi) is 4.08. The van der Waals surface area contributed by atoms with Crippen LogP contribution in [0.3, 0.4) is 0 Å². The molecule has 0 saturated heterocycles. The highest BCUT2D eigenvalue weighted by Gasteiger charge is 2.12. The number of fused-ring (bicyclic) bond motifs is 1. The van der Waals surface area contributed by atoms with E-state index >= 15 is 0 Å². The fourth-order valence-corrected chi connectivity index (χ4v) is 3.61. The second-order valence-corrected chi connectivity index (χ2v) is 6.35. The molecule has 3 nitrogen and oxygen atoms in total. The highest BCUT2D eigenvalue weighted by atomic mass is 79.9. The Labute approximate surface area is 130 Å². The van der Waals surface area contributed by atoms with Crippen LogP contribution < -0.4 is 15.2 Å². The lowest BCUT2D eigenvalue weighted by molar-refractivity contribution is 0.171. The first-order valence-electron chi connectivity index (χ1n) is 6.29.